The van der Waals surface area contributed by atoms with E-state index in [9.17, 15) is 25.2 Å². The first kappa shape index (κ1) is 33.3. The Morgan fingerprint density at radius 2 is 1.43 bits per heavy atom. The molecule has 7 rings (SSSR count). The van der Waals surface area contributed by atoms with E-state index in [-0.39, 0.29) is 10.8 Å². The fourth-order valence-electron chi connectivity index (χ4n) is 8.53. The number of anilines is 1. The molecule has 4 aromatic carbocycles. The Balaban J connectivity index is 0.000000499. The normalized spacial score (nSPS) is 25.7. The summed E-state index contributed by atoms with van der Waals surface area (Å²) in [5.74, 6) is 0. The molecule has 1 saturated carbocycles. The molecule has 2 nitrogen and oxygen atoms in total. The van der Waals surface area contributed by atoms with Gasteiger partial charge in [0.15, 0.2) is 0 Å². The number of hydrogen-bond donors (Lipinski definition) is 1. The van der Waals surface area contributed by atoms with E-state index in [4.69, 9.17) is 0 Å². The summed E-state index contributed by atoms with van der Waals surface area (Å²) < 4.78 is 59.2. The molecule has 1 aliphatic carbocycles. The van der Waals surface area contributed by atoms with E-state index in [0.717, 1.165) is 6.42 Å². The number of quaternary nitrogens is 1. The number of hydrogen-bond acceptors (Lipinski definition) is 1. The van der Waals surface area contributed by atoms with E-state index < -0.39 is 7.81 Å². The third-order valence-corrected chi connectivity index (χ3v) is 10.4. The Kier molecular flexibility index (Phi) is 7.96. The molecule has 0 radical (unpaired) electrons. The van der Waals surface area contributed by atoms with E-state index in [2.05, 4.69) is 135 Å². The fourth-order valence-corrected chi connectivity index (χ4v) is 8.53. The van der Waals surface area contributed by atoms with Crippen molar-refractivity contribution in [1.29, 1.82) is 0 Å². The molecule has 1 fully saturated rings. The molecule has 250 valence electrons. The van der Waals surface area contributed by atoms with Crippen LogP contribution < -0.4 is 9.80 Å². The number of nitrogens with one attached hydrogen (secondary N) is 1. The van der Waals surface area contributed by atoms with Gasteiger partial charge >= 0.3 is 33.0 Å². The number of nitrogens with zero attached hydrogens (tertiary/aromatic N) is 1. The fraction of sp³-hybridized carbons (Fsp3) is 0.316. The van der Waals surface area contributed by atoms with Gasteiger partial charge in [0, 0.05) is 29.4 Å². The first-order chi connectivity index (χ1) is 22.0. The SMILES string of the molecule is CN1/C(=C/C=C/C2[NH+](C)c3ccccc3C2(C)Cc2ccccc2)C2(CCCCC2)c2c1ccc1ccccc21.F[P-](F)(F)(F)(F)F. The van der Waals surface area contributed by atoms with E-state index in [1.54, 1.807) is 5.56 Å². The molecule has 4 aromatic rings. The molecular weight excluding hydrogens is 629 g/mol. The van der Waals surface area contributed by atoms with E-state index in [1.807, 2.05) is 0 Å². The van der Waals surface area contributed by atoms with Gasteiger partial charge in [0.2, 0.25) is 0 Å². The van der Waals surface area contributed by atoms with Crippen LogP contribution in [0.1, 0.15) is 55.7 Å². The average Bonchev–Trinajstić information content (AvgIpc) is 3.37. The Morgan fingerprint density at radius 3 is 2.13 bits per heavy atom. The van der Waals surface area contributed by atoms with E-state index in [1.165, 1.54) is 76.0 Å². The van der Waals surface area contributed by atoms with Gasteiger partial charge < -0.3 is 4.90 Å². The molecule has 3 unspecified atom stereocenters. The van der Waals surface area contributed by atoms with Crippen molar-refractivity contribution in [3.63, 3.8) is 0 Å². The Labute approximate surface area is 272 Å². The zero-order chi connectivity index (χ0) is 33.7. The monoisotopic (exact) mass is 670 g/mol. The van der Waals surface area contributed by atoms with Gasteiger partial charge in [0.1, 0.15) is 11.7 Å². The standard InChI is InChI=1S/C38H40N2.F6P/c1-37(27-28-15-6-4-7-16-28)31-19-10-11-20-32(31)39(2)34(37)21-14-22-35-38(25-12-5-13-26-38)36-30-18-9-8-17-29(30)23-24-33(36)40(35)3;1-7(2,3,4,5)6/h4,6-11,14-24,34H,5,12-13,25-27H2,1-3H3;/q;-1/p+1/b21-14+,35-22+;. The van der Waals surface area contributed by atoms with Crippen LogP contribution in [0.2, 0.25) is 0 Å². The Hall–Kier alpha value is -3.61. The van der Waals surface area contributed by atoms with Gasteiger partial charge in [0.25, 0.3) is 0 Å². The van der Waals surface area contributed by atoms with Crippen molar-refractivity contribution in [3.8, 4) is 0 Å². The summed E-state index contributed by atoms with van der Waals surface area (Å²) in [5.41, 5.74) is 8.90. The maximum atomic E-state index is 9.87. The van der Waals surface area contributed by atoms with Gasteiger partial charge in [-0.25, -0.2) is 0 Å². The van der Waals surface area contributed by atoms with Gasteiger partial charge in [0.05, 0.1) is 12.5 Å². The second-order valence-electron chi connectivity index (χ2n) is 13.6. The quantitative estimate of drug-likeness (QED) is 0.168. The third kappa shape index (κ3) is 6.86. The maximum absolute atomic E-state index is 10.7. The molecular formula is C38H41F6N2P. The number of benzene rings is 4. The van der Waals surface area contributed by atoms with Crippen LogP contribution in [0.3, 0.4) is 0 Å². The van der Waals surface area contributed by atoms with Crippen LogP contribution in [0.15, 0.2) is 115 Å². The van der Waals surface area contributed by atoms with Gasteiger partial charge in [-0.15, -0.1) is 0 Å². The zero-order valence-corrected chi connectivity index (χ0v) is 27.8. The predicted molar refractivity (Wildman–Crippen MR) is 182 cm³/mol. The first-order valence-corrected chi connectivity index (χ1v) is 18.2. The number of allylic oxidation sites excluding steroid dienone is 3. The summed E-state index contributed by atoms with van der Waals surface area (Å²) in [7, 11) is -6.02. The van der Waals surface area contributed by atoms with Crippen LogP contribution >= 0.6 is 7.81 Å². The summed E-state index contributed by atoms with van der Waals surface area (Å²) in [6, 6.07) is 34.2. The molecule has 2 heterocycles. The summed E-state index contributed by atoms with van der Waals surface area (Å²) in [4.78, 5) is 3.99. The van der Waals surface area contributed by atoms with Crippen molar-refractivity contribution in [1.82, 2.24) is 0 Å². The predicted octanol–water partition coefficient (Wildman–Crippen LogP) is 11.0. The van der Waals surface area contributed by atoms with Gasteiger partial charge in [-0.2, -0.15) is 0 Å². The Morgan fingerprint density at radius 1 is 0.809 bits per heavy atom. The molecule has 1 spiro atoms. The molecule has 2 aliphatic heterocycles. The average molecular weight is 671 g/mol. The van der Waals surface area contributed by atoms with E-state index in [0.29, 0.717) is 6.04 Å². The molecule has 0 amide bonds. The topological polar surface area (TPSA) is 7.68 Å². The van der Waals surface area contributed by atoms with Crippen molar-refractivity contribution in [2.75, 3.05) is 19.0 Å². The third-order valence-electron chi connectivity index (χ3n) is 10.4. The van der Waals surface area contributed by atoms with Crippen LogP contribution in [-0.4, -0.2) is 20.1 Å². The Bertz CT molecular complexity index is 1840. The van der Waals surface area contributed by atoms with E-state index >= 15 is 0 Å². The van der Waals surface area contributed by atoms with Crippen molar-refractivity contribution in [3.05, 3.63) is 132 Å². The molecule has 0 bridgehead atoms. The summed E-state index contributed by atoms with van der Waals surface area (Å²) in [6.45, 7) is 2.48. The van der Waals surface area contributed by atoms with Crippen molar-refractivity contribution < 1.29 is 30.1 Å². The van der Waals surface area contributed by atoms with Crippen LogP contribution in [0, 0.1) is 0 Å². The first-order valence-electron chi connectivity index (χ1n) is 16.2. The molecule has 1 N–H and O–H groups in total. The van der Waals surface area contributed by atoms with Crippen LogP contribution in [0.25, 0.3) is 10.8 Å². The second-order valence-corrected chi connectivity index (χ2v) is 15.5. The number of halogens is 6. The summed E-state index contributed by atoms with van der Waals surface area (Å²) in [6.07, 6.45) is 14.9. The number of likely N-dealkylation sites (N-methyl/N-ethyl adjacent to an activating group) is 2. The molecule has 47 heavy (non-hydrogen) atoms. The second kappa shape index (κ2) is 11.2. The van der Waals surface area contributed by atoms with Gasteiger partial charge in [-0.3, -0.25) is 4.90 Å². The van der Waals surface area contributed by atoms with Gasteiger partial charge in [-0.05, 0) is 72.4 Å². The summed E-state index contributed by atoms with van der Waals surface area (Å²) in [5, 5.41) is 2.80. The van der Waals surface area contributed by atoms with Crippen LogP contribution in [0.5, 0.6) is 0 Å². The molecule has 0 aromatic heterocycles. The minimum atomic E-state index is -10.7. The molecule has 9 heteroatoms. The van der Waals surface area contributed by atoms with Crippen LogP contribution in [0.4, 0.5) is 36.6 Å². The molecule has 3 aliphatic rings. The van der Waals surface area contributed by atoms with Crippen molar-refractivity contribution >= 4 is 30.0 Å². The van der Waals surface area contributed by atoms with Crippen molar-refractivity contribution in [2.45, 2.75) is 62.3 Å². The number of fused-ring (bicyclic) bond motifs is 5. The van der Waals surface area contributed by atoms with Crippen LogP contribution in [-0.2, 0) is 17.3 Å². The molecule has 0 saturated heterocycles. The number of para-hydroxylation sites is 1. The molecule has 3 atom stereocenters. The number of rotatable bonds is 4. The van der Waals surface area contributed by atoms with Gasteiger partial charge in [-0.1, -0.05) is 104 Å². The zero-order valence-electron chi connectivity index (χ0n) is 26.9. The van der Waals surface area contributed by atoms with Crippen molar-refractivity contribution in [2.24, 2.45) is 0 Å². The minimum absolute atomic E-state index is 0.0281. The summed E-state index contributed by atoms with van der Waals surface area (Å²) >= 11 is 0.